The van der Waals surface area contributed by atoms with Crippen LogP contribution in [0.1, 0.15) is 5.56 Å². The molecule has 3 rings (SSSR count). The Morgan fingerprint density at radius 2 is 2.00 bits per heavy atom. The van der Waals surface area contributed by atoms with Crippen LogP contribution in [0.2, 0.25) is 0 Å². The zero-order valence-electron chi connectivity index (χ0n) is 9.68. The van der Waals surface area contributed by atoms with Gasteiger partial charge < -0.3 is 9.15 Å². The first-order chi connectivity index (χ1) is 8.72. The molecule has 90 valence electrons. The summed E-state index contributed by atoms with van der Waals surface area (Å²) in [6.07, 6.45) is 0.265. The highest BCUT2D eigenvalue weighted by atomic mass is 79.9. The van der Waals surface area contributed by atoms with Crippen molar-refractivity contribution in [2.24, 2.45) is 0 Å². The number of rotatable bonds is 2. The predicted molar refractivity (Wildman–Crippen MR) is 73.0 cm³/mol. The number of para-hydroxylation sites is 2. The Morgan fingerprint density at radius 1 is 1.17 bits per heavy atom. The van der Waals surface area contributed by atoms with E-state index in [-0.39, 0.29) is 6.08 Å². The standard InChI is InChI=1S/C14H10BrNO2/c1-9-8-10(15)6-7-12(9)17-14-16-11-4-2-3-5-13(11)18-14/h2-8H,1H3. The lowest BCUT2D eigenvalue weighted by atomic mass is 10.2. The molecule has 0 aliphatic rings. The van der Waals surface area contributed by atoms with Gasteiger partial charge >= 0.3 is 6.08 Å². The van der Waals surface area contributed by atoms with Gasteiger partial charge in [-0.05, 0) is 42.8 Å². The Hall–Kier alpha value is -1.81. The average molecular weight is 304 g/mol. The number of aromatic nitrogens is 1. The number of ether oxygens (including phenoxy) is 1. The van der Waals surface area contributed by atoms with Crippen molar-refractivity contribution in [1.82, 2.24) is 4.98 Å². The number of aryl methyl sites for hydroxylation is 1. The van der Waals surface area contributed by atoms with Crippen molar-refractivity contribution in [3.8, 4) is 11.8 Å². The average Bonchev–Trinajstić information content (AvgIpc) is 2.75. The second kappa shape index (κ2) is 4.46. The van der Waals surface area contributed by atoms with Crippen molar-refractivity contribution in [2.75, 3.05) is 0 Å². The van der Waals surface area contributed by atoms with Crippen molar-refractivity contribution < 1.29 is 9.15 Å². The first kappa shape index (κ1) is 11.3. The Morgan fingerprint density at radius 3 is 2.78 bits per heavy atom. The van der Waals surface area contributed by atoms with Crippen molar-refractivity contribution in [2.45, 2.75) is 6.92 Å². The monoisotopic (exact) mass is 303 g/mol. The molecule has 0 atom stereocenters. The van der Waals surface area contributed by atoms with Gasteiger partial charge in [-0.1, -0.05) is 28.1 Å². The molecule has 0 saturated carbocycles. The molecule has 18 heavy (non-hydrogen) atoms. The molecule has 0 spiro atoms. The van der Waals surface area contributed by atoms with Gasteiger partial charge in [0.05, 0.1) is 0 Å². The van der Waals surface area contributed by atoms with Crippen molar-refractivity contribution in [1.29, 1.82) is 0 Å². The van der Waals surface area contributed by atoms with Gasteiger partial charge in [-0.25, -0.2) is 0 Å². The molecule has 1 aromatic heterocycles. The summed E-state index contributed by atoms with van der Waals surface area (Å²) < 4.78 is 12.2. The van der Waals surface area contributed by atoms with Crippen LogP contribution in [-0.4, -0.2) is 4.98 Å². The summed E-state index contributed by atoms with van der Waals surface area (Å²) in [6, 6.07) is 13.4. The zero-order valence-corrected chi connectivity index (χ0v) is 11.3. The molecule has 0 amide bonds. The van der Waals surface area contributed by atoms with Crippen LogP contribution in [0.25, 0.3) is 11.1 Å². The van der Waals surface area contributed by atoms with Gasteiger partial charge in [-0.15, -0.1) is 0 Å². The minimum absolute atomic E-state index is 0.265. The maximum atomic E-state index is 5.65. The van der Waals surface area contributed by atoms with Gasteiger partial charge in [-0.2, -0.15) is 4.98 Å². The van der Waals surface area contributed by atoms with Crippen molar-refractivity contribution in [3.05, 3.63) is 52.5 Å². The van der Waals surface area contributed by atoms with E-state index in [2.05, 4.69) is 20.9 Å². The molecule has 3 aromatic rings. The number of nitrogens with zero attached hydrogens (tertiary/aromatic N) is 1. The molecule has 0 fully saturated rings. The molecule has 1 heterocycles. The van der Waals surface area contributed by atoms with Gasteiger partial charge in [-0.3, -0.25) is 0 Å². The van der Waals surface area contributed by atoms with E-state index in [9.17, 15) is 0 Å². The normalized spacial score (nSPS) is 10.8. The molecule has 2 aromatic carbocycles. The Labute approximate surface area is 113 Å². The predicted octanol–water partition coefficient (Wildman–Crippen LogP) is 4.69. The minimum Gasteiger partial charge on any atom is -0.411 e. The van der Waals surface area contributed by atoms with Gasteiger partial charge in [0.1, 0.15) is 11.3 Å². The first-order valence-corrected chi connectivity index (χ1v) is 6.31. The summed E-state index contributed by atoms with van der Waals surface area (Å²) in [5, 5.41) is 0. The number of benzene rings is 2. The van der Waals surface area contributed by atoms with E-state index in [0.29, 0.717) is 0 Å². The lowest BCUT2D eigenvalue weighted by Gasteiger charge is -2.04. The number of fused-ring (bicyclic) bond motifs is 1. The number of halogens is 1. The van der Waals surface area contributed by atoms with E-state index >= 15 is 0 Å². The number of hydrogen-bond donors (Lipinski definition) is 0. The van der Waals surface area contributed by atoms with E-state index in [4.69, 9.17) is 9.15 Å². The second-order valence-electron chi connectivity index (χ2n) is 3.96. The van der Waals surface area contributed by atoms with E-state index < -0.39 is 0 Å². The highest BCUT2D eigenvalue weighted by Crippen LogP contribution is 2.29. The van der Waals surface area contributed by atoms with Crippen molar-refractivity contribution in [3.63, 3.8) is 0 Å². The molecule has 0 unspecified atom stereocenters. The molecular weight excluding hydrogens is 294 g/mol. The summed E-state index contributed by atoms with van der Waals surface area (Å²) in [5.41, 5.74) is 2.54. The topological polar surface area (TPSA) is 35.3 Å². The fourth-order valence-electron chi connectivity index (χ4n) is 1.72. The summed E-state index contributed by atoms with van der Waals surface area (Å²) in [5.74, 6) is 0.741. The SMILES string of the molecule is Cc1cc(Br)ccc1Oc1nc2ccccc2o1. The molecule has 0 N–H and O–H groups in total. The smallest absolute Gasteiger partial charge is 0.400 e. The fraction of sp³-hybridized carbons (Fsp3) is 0.0714. The lowest BCUT2D eigenvalue weighted by Crippen LogP contribution is -1.87. The van der Waals surface area contributed by atoms with Gasteiger partial charge in [0, 0.05) is 4.47 Å². The van der Waals surface area contributed by atoms with Crippen LogP contribution in [0.5, 0.6) is 11.8 Å². The molecule has 0 aliphatic carbocycles. The first-order valence-electron chi connectivity index (χ1n) is 5.52. The zero-order chi connectivity index (χ0) is 12.5. The summed E-state index contributed by atoms with van der Waals surface area (Å²) in [4.78, 5) is 4.27. The van der Waals surface area contributed by atoms with Crippen LogP contribution < -0.4 is 4.74 Å². The number of oxazole rings is 1. The largest absolute Gasteiger partial charge is 0.411 e. The molecule has 4 heteroatoms. The lowest BCUT2D eigenvalue weighted by molar-refractivity contribution is 0.341. The molecule has 3 nitrogen and oxygen atoms in total. The van der Waals surface area contributed by atoms with E-state index in [1.165, 1.54) is 0 Å². The van der Waals surface area contributed by atoms with Crippen molar-refractivity contribution >= 4 is 27.0 Å². The Kier molecular flexibility index (Phi) is 2.80. The highest BCUT2D eigenvalue weighted by molar-refractivity contribution is 9.10. The van der Waals surface area contributed by atoms with Crippen LogP contribution in [0.4, 0.5) is 0 Å². The Balaban J connectivity index is 1.96. The number of hydrogen-bond acceptors (Lipinski definition) is 3. The Bertz CT molecular complexity index is 673. The highest BCUT2D eigenvalue weighted by Gasteiger charge is 2.08. The van der Waals surface area contributed by atoms with Crippen LogP contribution in [-0.2, 0) is 0 Å². The fourth-order valence-corrected chi connectivity index (χ4v) is 2.19. The minimum atomic E-state index is 0.265. The third kappa shape index (κ3) is 2.11. The quantitative estimate of drug-likeness (QED) is 0.689. The summed E-state index contributed by atoms with van der Waals surface area (Å²) in [7, 11) is 0. The third-order valence-electron chi connectivity index (χ3n) is 2.61. The second-order valence-corrected chi connectivity index (χ2v) is 4.88. The van der Waals surface area contributed by atoms with Gasteiger partial charge in [0.2, 0.25) is 0 Å². The molecule has 0 radical (unpaired) electrons. The van der Waals surface area contributed by atoms with E-state index in [1.807, 2.05) is 49.4 Å². The van der Waals surface area contributed by atoms with E-state index in [1.54, 1.807) is 0 Å². The van der Waals surface area contributed by atoms with Crippen LogP contribution in [0.15, 0.2) is 51.4 Å². The summed E-state index contributed by atoms with van der Waals surface area (Å²) in [6.45, 7) is 1.97. The van der Waals surface area contributed by atoms with Gasteiger partial charge in [0.15, 0.2) is 5.58 Å². The molecule has 0 bridgehead atoms. The third-order valence-corrected chi connectivity index (χ3v) is 3.10. The van der Waals surface area contributed by atoms with Gasteiger partial charge in [0.25, 0.3) is 0 Å². The maximum Gasteiger partial charge on any atom is 0.400 e. The van der Waals surface area contributed by atoms with Crippen LogP contribution in [0, 0.1) is 6.92 Å². The maximum absolute atomic E-state index is 5.65. The molecule has 0 aliphatic heterocycles. The van der Waals surface area contributed by atoms with E-state index in [0.717, 1.165) is 26.9 Å². The van der Waals surface area contributed by atoms with Crippen LogP contribution >= 0.6 is 15.9 Å². The molecular formula is C14H10BrNO2. The van der Waals surface area contributed by atoms with Crippen LogP contribution in [0.3, 0.4) is 0 Å². The summed E-state index contributed by atoms with van der Waals surface area (Å²) >= 11 is 3.42. The molecule has 0 saturated heterocycles.